The molecule has 2 fully saturated rings. The van der Waals surface area contributed by atoms with E-state index in [9.17, 15) is 8.42 Å². The van der Waals surface area contributed by atoms with Gasteiger partial charge in [-0.2, -0.15) is 0 Å². The highest BCUT2D eigenvalue weighted by molar-refractivity contribution is 7.88. The van der Waals surface area contributed by atoms with E-state index in [1.54, 1.807) is 4.31 Å². The van der Waals surface area contributed by atoms with Crippen molar-refractivity contribution in [1.82, 2.24) is 9.62 Å². The first-order chi connectivity index (χ1) is 9.91. The number of nitrogens with one attached hydrogen (secondary N) is 1. The van der Waals surface area contributed by atoms with Crippen LogP contribution in [0.4, 0.5) is 0 Å². The van der Waals surface area contributed by atoms with Gasteiger partial charge in [-0.3, -0.25) is 0 Å². The zero-order chi connectivity index (χ0) is 15.5. The average Bonchev–Trinajstić information content (AvgIpc) is 2.84. The van der Waals surface area contributed by atoms with Gasteiger partial charge in [0.1, 0.15) is 0 Å². The molecule has 1 N–H and O–H groups in total. The highest BCUT2D eigenvalue weighted by atomic mass is 32.2. The van der Waals surface area contributed by atoms with Gasteiger partial charge in [0.2, 0.25) is 10.0 Å². The third-order valence-electron chi connectivity index (χ3n) is 5.45. The van der Waals surface area contributed by atoms with E-state index in [-0.39, 0.29) is 0 Å². The highest BCUT2D eigenvalue weighted by Crippen LogP contribution is 2.36. The molecule has 0 spiro atoms. The number of hydrogen-bond donors (Lipinski definition) is 1. The van der Waals surface area contributed by atoms with E-state index < -0.39 is 10.0 Å². The van der Waals surface area contributed by atoms with Gasteiger partial charge >= 0.3 is 0 Å². The van der Waals surface area contributed by atoms with Crippen molar-refractivity contribution in [2.24, 2.45) is 17.8 Å². The summed E-state index contributed by atoms with van der Waals surface area (Å²) in [5.74, 6) is 2.10. The van der Waals surface area contributed by atoms with Gasteiger partial charge < -0.3 is 5.32 Å². The quantitative estimate of drug-likeness (QED) is 0.819. The Balaban J connectivity index is 1.96. The van der Waals surface area contributed by atoms with Crippen LogP contribution in [0.25, 0.3) is 0 Å². The maximum atomic E-state index is 11.8. The van der Waals surface area contributed by atoms with Gasteiger partial charge in [-0.1, -0.05) is 26.7 Å². The molecule has 0 amide bonds. The van der Waals surface area contributed by atoms with E-state index in [4.69, 9.17) is 0 Å². The van der Waals surface area contributed by atoms with Crippen LogP contribution in [0, 0.1) is 17.8 Å². The molecule has 4 nitrogen and oxygen atoms in total. The second-order valence-electron chi connectivity index (χ2n) is 7.10. The lowest BCUT2D eigenvalue weighted by Gasteiger charge is -2.36. The lowest BCUT2D eigenvalue weighted by molar-refractivity contribution is 0.200. The summed E-state index contributed by atoms with van der Waals surface area (Å²) in [5.41, 5.74) is 0. The molecule has 0 bridgehead atoms. The number of hydrogen-bond acceptors (Lipinski definition) is 3. The molecule has 2 aliphatic rings. The standard InChI is InChI=1S/C16H32N2O2S/c1-4-17-16(15-9-5-7-13(15)2)11-14-8-6-10-18(12-14)21(3,19)20/h13-17H,4-12H2,1-3H3. The van der Waals surface area contributed by atoms with Crippen LogP contribution >= 0.6 is 0 Å². The second kappa shape index (κ2) is 7.42. The van der Waals surface area contributed by atoms with Gasteiger partial charge in [0, 0.05) is 19.1 Å². The zero-order valence-electron chi connectivity index (χ0n) is 13.8. The number of rotatable bonds is 6. The third kappa shape index (κ3) is 4.67. The number of nitrogens with zero attached hydrogens (tertiary/aromatic N) is 1. The van der Waals surface area contributed by atoms with Crippen molar-refractivity contribution >= 4 is 10.0 Å². The molecule has 0 aromatic heterocycles. The summed E-state index contributed by atoms with van der Waals surface area (Å²) >= 11 is 0. The van der Waals surface area contributed by atoms with E-state index in [0.717, 1.165) is 37.8 Å². The van der Waals surface area contributed by atoms with Gasteiger partial charge in [-0.25, -0.2) is 12.7 Å². The van der Waals surface area contributed by atoms with Gasteiger partial charge in [-0.05, 0) is 50.0 Å². The van der Waals surface area contributed by atoms with Crippen molar-refractivity contribution < 1.29 is 8.42 Å². The van der Waals surface area contributed by atoms with E-state index in [1.165, 1.54) is 31.9 Å². The summed E-state index contributed by atoms with van der Waals surface area (Å²) in [6.07, 6.45) is 8.71. The molecule has 5 heteroatoms. The molecular formula is C16H32N2O2S. The minimum atomic E-state index is -3.02. The number of piperidine rings is 1. The van der Waals surface area contributed by atoms with Crippen molar-refractivity contribution in [3.05, 3.63) is 0 Å². The van der Waals surface area contributed by atoms with Crippen LogP contribution in [0.1, 0.15) is 52.4 Å². The maximum absolute atomic E-state index is 11.8. The van der Waals surface area contributed by atoms with Crippen molar-refractivity contribution in [2.45, 2.75) is 58.4 Å². The maximum Gasteiger partial charge on any atom is 0.211 e. The zero-order valence-corrected chi connectivity index (χ0v) is 14.7. The molecule has 21 heavy (non-hydrogen) atoms. The van der Waals surface area contributed by atoms with Crippen molar-refractivity contribution in [1.29, 1.82) is 0 Å². The topological polar surface area (TPSA) is 49.4 Å². The Labute approximate surface area is 130 Å². The summed E-state index contributed by atoms with van der Waals surface area (Å²) in [7, 11) is -3.02. The van der Waals surface area contributed by atoms with Crippen molar-refractivity contribution in [3.63, 3.8) is 0 Å². The molecule has 0 radical (unpaired) electrons. The Hall–Kier alpha value is -0.130. The van der Waals surface area contributed by atoms with Gasteiger partial charge in [0.25, 0.3) is 0 Å². The van der Waals surface area contributed by atoms with Crippen LogP contribution in [-0.4, -0.2) is 44.7 Å². The van der Waals surface area contributed by atoms with Crippen molar-refractivity contribution in [2.75, 3.05) is 25.9 Å². The predicted molar refractivity (Wildman–Crippen MR) is 87.7 cm³/mol. The summed E-state index contributed by atoms with van der Waals surface area (Å²) < 4.78 is 25.2. The Kier molecular flexibility index (Phi) is 6.09. The Morgan fingerprint density at radius 2 is 2.00 bits per heavy atom. The normalized spacial score (nSPS) is 33.2. The smallest absolute Gasteiger partial charge is 0.211 e. The molecule has 1 aliphatic carbocycles. The Bertz CT molecular complexity index is 424. The first-order valence-corrected chi connectivity index (χ1v) is 10.4. The number of sulfonamides is 1. The molecule has 1 heterocycles. The van der Waals surface area contributed by atoms with Crippen LogP contribution in [0.15, 0.2) is 0 Å². The summed E-state index contributed by atoms with van der Waals surface area (Å²) in [6.45, 7) is 7.00. The van der Waals surface area contributed by atoms with Gasteiger partial charge in [0.05, 0.1) is 6.26 Å². The SMILES string of the molecule is CCNC(CC1CCCN(S(C)(=O)=O)C1)C1CCCC1C. The van der Waals surface area contributed by atoms with E-state index >= 15 is 0 Å². The molecule has 4 unspecified atom stereocenters. The van der Waals surface area contributed by atoms with Crippen LogP contribution in [0.5, 0.6) is 0 Å². The van der Waals surface area contributed by atoms with Crippen LogP contribution in [0.2, 0.25) is 0 Å². The highest BCUT2D eigenvalue weighted by Gasteiger charge is 2.34. The van der Waals surface area contributed by atoms with Crippen LogP contribution < -0.4 is 5.32 Å². The van der Waals surface area contributed by atoms with Crippen molar-refractivity contribution in [3.8, 4) is 0 Å². The fraction of sp³-hybridized carbons (Fsp3) is 1.00. The lowest BCUT2D eigenvalue weighted by atomic mass is 9.82. The summed E-state index contributed by atoms with van der Waals surface area (Å²) in [5, 5.41) is 3.69. The average molecular weight is 317 g/mol. The fourth-order valence-corrected chi connectivity index (χ4v) is 5.27. The molecule has 124 valence electrons. The molecule has 4 atom stereocenters. The third-order valence-corrected chi connectivity index (χ3v) is 6.72. The van der Waals surface area contributed by atoms with E-state index in [1.807, 2.05) is 0 Å². The molecule has 1 aliphatic heterocycles. The Morgan fingerprint density at radius 3 is 2.57 bits per heavy atom. The molecule has 0 aromatic carbocycles. The van der Waals surface area contributed by atoms with E-state index in [2.05, 4.69) is 19.2 Å². The molecule has 1 saturated carbocycles. The van der Waals surface area contributed by atoms with Gasteiger partial charge in [0.15, 0.2) is 0 Å². The Morgan fingerprint density at radius 1 is 1.24 bits per heavy atom. The summed E-state index contributed by atoms with van der Waals surface area (Å²) in [4.78, 5) is 0. The van der Waals surface area contributed by atoms with Crippen LogP contribution in [-0.2, 0) is 10.0 Å². The van der Waals surface area contributed by atoms with Gasteiger partial charge in [-0.15, -0.1) is 0 Å². The molecule has 0 aromatic rings. The fourth-order valence-electron chi connectivity index (χ4n) is 4.32. The second-order valence-corrected chi connectivity index (χ2v) is 9.08. The molecule has 2 rings (SSSR count). The molecular weight excluding hydrogens is 284 g/mol. The predicted octanol–water partition coefficient (Wildman–Crippen LogP) is 2.46. The minimum absolute atomic E-state index is 0.519. The first-order valence-electron chi connectivity index (χ1n) is 8.60. The monoisotopic (exact) mass is 316 g/mol. The first kappa shape index (κ1) is 17.2. The summed E-state index contributed by atoms with van der Waals surface area (Å²) in [6, 6.07) is 0.567. The minimum Gasteiger partial charge on any atom is -0.314 e. The van der Waals surface area contributed by atoms with Crippen LogP contribution in [0.3, 0.4) is 0 Å². The lowest BCUT2D eigenvalue weighted by Crippen LogP contribution is -2.44. The molecule has 1 saturated heterocycles. The van der Waals surface area contributed by atoms with E-state index in [0.29, 0.717) is 18.5 Å². The largest absolute Gasteiger partial charge is 0.314 e.